The molecule has 0 aromatic carbocycles. The fourth-order valence-electron chi connectivity index (χ4n) is 2.20. The van der Waals surface area contributed by atoms with Gasteiger partial charge in [0.15, 0.2) is 5.82 Å². The molecule has 25 heavy (non-hydrogen) atoms. The van der Waals surface area contributed by atoms with Crippen molar-refractivity contribution in [1.82, 2.24) is 20.5 Å². The van der Waals surface area contributed by atoms with Crippen LogP contribution in [0.3, 0.4) is 0 Å². The highest BCUT2D eigenvalue weighted by molar-refractivity contribution is 5.66. The standard InChI is InChI=1S/C17H25N5O3/c1-13-12-15(22-21-13)19-14-8-7-9-16(20-14)25-11-6-4-3-5-10-18-17(23)24-2/h7-9,12H,3-6,10-11H2,1-2H3,(H,18,23)(H2,19,20,21,22). The molecule has 0 atom stereocenters. The van der Waals surface area contributed by atoms with Crippen molar-refractivity contribution in [1.29, 1.82) is 0 Å². The number of rotatable bonds is 10. The highest BCUT2D eigenvalue weighted by atomic mass is 16.5. The molecule has 136 valence electrons. The van der Waals surface area contributed by atoms with Crippen LogP contribution in [-0.4, -0.2) is 41.5 Å². The van der Waals surface area contributed by atoms with E-state index in [2.05, 4.69) is 30.6 Å². The summed E-state index contributed by atoms with van der Waals surface area (Å²) < 4.78 is 10.2. The zero-order valence-electron chi connectivity index (χ0n) is 14.7. The lowest BCUT2D eigenvalue weighted by molar-refractivity contribution is 0.171. The van der Waals surface area contributed by atoms with Crippen LogP contribution in [0.2, 0.25) is 0 Å². The number of alkyl carbamates (subject to hydrolysis) is 1. The summed E-state index contributed by atoms with van der Waals surface area (Å²) in [5, 5.41) is 12.8. The summed E-state index contributed by atoms with van der Waals surface area (Å²) in [6.45, 7) is 3.19. The maximum atomic E-state index is 10.9. The molecule has 8 heteroatoms. The van der Waals surface area contributed by atoms with Crippen LogP contribution in [0.15, 0.2) is 24.3 Å². The van der Waals surface area contributed by atoms with Gasteiger partial charge in [0.2, 0.25) is 5.88 Å². The van der Waals surface area contributed by atoms with Crippen molar-refractivity contribution in [3.63, 3.8) is 0 Å². The maximum Gasteiger partial charge on any atom is 0.406 e. The first-order valence-electron chi connectivity index (χ1n) is 8.38. The molecule has 2 aromatic rings. The molecule has 0 fully saturated rings. The summed E-state index contributed by atoms with van der Waals surface area (Å²) in [5.41, 5.74) is 0.983. The molecule has 0 unspecified atom stereocenters. The van der Waals surface area contributed by atoms with E-state index in [4.69, 9.17) is 4.74 Å². The quantitative estimate of drug-likeness (QED) is 0.571. The van der Waals surface area contributed by atoms with E-state index in [1.54, 1.807) is 0 Å². The Balaban J connectivity index is 1.61. The minimum absolute atomic E-state index is 0.382. The number of hydrogen-bond acceptors (Lipinski definition) is 6. The highest BCUT2D eigenvalue weighted by Crippen LogP contribution is 2.16. The predicted octanol–water partition coefficient (Wildman–Crippen LogP) is 3.15. The van der Waals surface area contributed by atoms with Crippen molar-refractivity contribution in [2.24, 2.45) is 0 Å². The van der Waals surface area contributed by atoms with Gasteiger partial charge >= 0.3 is 6.09 Å². The van der Waals surface area contributed by atoms with Gasteiger partial charge in [-0.25, -0.2) is 4.79 Å². The van der Waals surface area contributed by atoms with E-state index in [9.17, 15) is 4.79 Å². The molecule has 0 spiro atoms. The summed E-state index contributed by atoms with van der Waals surface area (Å²) in [6.07, 6.45) is 3.55. The molecule has 8 nitrogen and oxygen atoms in total. The Labute approximate surface area is 147 Å². The van der Waals surface area contributed by atoms with E-state index in [0.717, 1.165) is 37.2 Å². The Morgan fingerprint density at radius 1 is 1.20 bits per heavy atom. The van der Waals surface area contributed by atoms with Crippen LogP contribution in [0.5, 0.6) is 5.88 Å². The Hall–Kier alpha value is -2.77. The fraction of sp³-hybridized carbons (Fsp3) is 0.471. The number of ether oxygens (including phenoxy) is 2. The van der Waals surface area contributed by atoms with Gasteiger partial charge in [-0.15, -0.1) is 0 Å². The monoisotopic (exact) mass is 347 g/mol. The SMILES string of the molecule is COC(=O)NCCCCCCOc1cccc(Nc2cc(C)[nH]n2)n1. The number of carbonyl (C=O) groups is 1. The van der Waals surface area contributed by atoms with Gasteiger partial charge in [0.1, 0.15) is 5.82 Å². The number of amides is 1. The third kappa shape index (κ3) is 7.11. The molecule has 0 aliphatic rings. The first-order chi connectivity index (χ1) is 12.2. The molecule has 0 saturated heterocycles. The molecule has 0 bridgehead atoms. The molecule has 2 aromatic heterocycles. The number of aryl methyl sites for hydroxylation is 1. The van der Waals surface area contributed by atoms with E-state index in [0.29, 0.717) is 24.8 Å². The largest absolute Gasteiger partial charge is 0.478 e. The topological polar surface area (TPSA) is 101 Å². The minimum Gasteiger partial charge on any atom is -0.478 e. The Kier molecular flexibility index (Phi) is 7.55. The molecule has 0 aliphatic carbocycles. The summed E-state index contributed by atoms with van der Waals surface area (Å²) in [4.78, 5) is 15.3. The average Bonchev–Trinajstić information content (AvgIpc) is 3.02. The number of unbranched alkanes of at least 4 members (excludes halogenated alkanes) is 3. The van der Waals surface area contributed by atoms with Crippen molar-refractivity contribution in [2.75, 3.05) is 25.6 Å². The zero-order chi connectivity index (χ0) is 17.9. The number of pyridine rings is 1. The van der Waals surface area contributed by atoms with Crippen LogP contribution >= 0.6 is 0 Å². The third-order valence-corrected chi connectivity index (χ3v) is 3.46. The van der Waals surface area contributed by atoms with Gasteiger partial charge < -0.3 is 20.1 Å². The second-order valence-corrected chi connectivity index (χ2v) is 5.60. The fourth-order valence-corrected chi connectivity index (χ4v) is 2.20. The van der Waals surface area contributed by atoms with Crippen LogP contribution in [0, 0.1) is 6.92 Å². The summed E-state index contributed by atoms with van der Waals surface area (Å²) in [7, 11) is 1.36. The Morgan fingerprint density at radius 3 is 2.80 bits per heavy atom. The van der Waals surface area contributed by atoms with E-state index in [-0.39, 0.29) is 6.09 Å². The normalized spacial score (nSPS) is 10.3. The van der Waals surface area contributed by atoms with Crippen molar-refractivity contribution in [2.45, 2.75) is 32.6 Å². The van der Waals surface area contributed by atoms with E-state index in [1.165, 1.54) is 7.11 Å². The van der Waals surface area contributed by atoms with Gasteiger partial charge in [-0.1, -0.05) is 18.9 Å². The van der Waals surface area contributed by atoms with Crippen molar-refractivity contribution in [3.05, 3.63) is 30.0 Å². The average molecular weight is 347 g/mol. The van der Waals surface area contributed by atoms with E-state index in [1.807, 2.05) is 31.2 Å². The second-order valence-electron chi connectivity index (χ2n) is 5.60. The number of nitrogens with one attached hydrogen (secondary N) is 3. The zero-order valence-corrected chi connectivity index (χ0v) is 14.7. The van der Waals surface area contributed by atoms with Gasteiger partial charge in [0.05, 0.1) is 13.7 Å². The van der Waals surface area contributed by atoms with E-state index < -0.39 is 0 Å². The van der Waals surface area contributed by atoms with Crippen LogP contribution < -0.4 is 15.4 Å². The lowest BCUT2D eigenvalue weighted by atomic mass is 10.2. The molecule has 2 heterocycles. The molecule has 0 aliphatic heterocycles. The number of aromatic amines is 1. The van der Waals surface area contributed by atoms with Crippen LogP contribution in [0.25, 0.3) is 0 Å². The molecule has 1 amide bonds. The summed E-state index contributed by atoms with van der Waals surface area (Å²) in [6, 6.07) is 7.50. The predicted molar refractivity (Wildman–Crippen MR) is 95.2 cm³/mol. The Morgan fingerprint density at radius 2 is 2.04 bits per heavy atom. The Bertz CT molecular complexity index is 659. The van der Waals surface area contributed by atoms with Gasteiger partial charge in [-0.2, -0.15) is 10.1 Å². The number of anilines is 2. The first kappa shape index (κ1) is 18.6. The number of aromatic nitrogens is 3. The lowest BCUT2D eigenvalue weighted by Gasteiger charge is -2.07. The van der Waals surface area contributed by atoms with Gasteiger partial charge in [-0.05, 0) is 25.8 Å². The minimum atomic E-state index is -0.382. The number of hydrogen-bond donors (Lipinski definition) is 3. The number of nitrogens with zero attached hydrogens (tertiary/aromatic N) is 2. The molecular weight excluding hydrogens is 322 g/mol. The van der Waals surface area contributed by atoms with Crippen molar-refractivity contribution >= 4 is 17.7 Å². The third-order valence-electron chi connectivity index (χ3n) is 3.46. The first-order valence-corrected chi connectivity index (χ1v) is 8.38. The highest BCUT2D eigenvalue weighted by Gasteiger charge is 2.02. The second kappa shape index (κ2) is 10.2. The van der Waals surface area contributed by atoms with E-state index >= 15 is 0 Å². The van der Waals surface area contributed by atoms with Crippen molar-refractivity contribution in [3.8, 4) is 5.88 Å². The maximum absolute atomic E-state index is 10.9. The van der Waals surface area contributed by atoms with Gasteiger partial charge in [0, 0.05) is 24.4 Å². The smallest absolute Gasteiger partial charge is 0.406 e. The molecule has 2 rings (SSSR count). The van der Waals surface area contributed by atoms with Crippen LogP contribution in [-0.2, 0) is 4.74 Å². The van der Waals surface area contributed by atoms with Crippen molar-refractivity contribution < 1.29 is 14.3 Å². The number of carbonyl (C=O) groups excluding carboxylic acids is 1. The van der Waals surface area contributed by atoms with Gasteiger partial charge in [-0.3, -0.25) is 5.10 Å². The van der Waals surface area contributed by atoms with Crippen LogP contribution in [0.4, 0.5) is 16.4 Å². The van der Waals surface area contributed by atoms with Crippen LogP contribution in [0.1, 0.15) is 31.4 Å². The number of methoxy groups -OCH3 is 1. The summed E-state index contributed by atoms with van der Waals surface area (Å²) >= 11 is 0. The number of H-pyrrole nitrogens is 1. The molecule has 0 saturated carbocycles. The lowest BCUT2D eigenvalue weighted by Crippen LogP contribution is -2.23. The van der Waals surface area contributed by atoms with Gasteiger partial charge in [0.25, 0.3) is 0 Å². The molecule has 3 N–H and O–H groups in total. The molecular formula is C17H25N5O3. The summed E-state index contributed by atoms with van der Waals surface area (Å²) in [5.74, 6) is 2.00. The molecule has 0 radical (unpaired) electrons.